The molecule has 5 rings (SSSR count). The van der Waals surface area contributed by atoms with Gasteiger partial charge in [0.05, 0.1) is 11.4 Å². The van der Waals surface area contributed by atoms with Crippen molar-refractivity contribution in [1.82, 2.24) is 9.13 Å². The highest BCUT2D eigenvalue weighted by Gasteiger charge is 2.26. The van der Waals surface area contributed by atoms with Gasteiger partial charge in [0, 0.05) is 10.6 Å². The van der Waals surface area contributed by atoms with Crippen LogP contribution in [0.15, 0.2) is 64.2 Å². The molecule has 0 saturated carbocycles. The summed E-state index contributed by atoms with van der Waals surface area (Å²) in [5.74, 6) is -0.290. The molecule has 174 valence electrons. The average Bonchev–Trinajstić information content (AvgIpc) is 3.23. The fraction of sp³-hybridized carbons (Fsp3) is 0.296. The number of benzene rings is 2. The first-order valence-electron chi connectivity index (χ1n) is 11.7. The van der Waals surface area contributed by atoms with Crippen LogP contribution in [0.1, 0.15) is 47.4 Å². The van der Waals surface area contributed by atoms with E-state index >= 15 is 0 Å². The molecule has 0 bridgehead atoms. The number of carbonyl (C=O) groups excluding carboxylic acids is 1. The van der Waals surface area contributed by atoms with Crippen LogP contribution in [-0.2, 0) is 24.2 Å². The number of nitrogens with one attached hydrogen (secondary N) is 1. The van der Waals surface area contributed by atoms with Crippen molar-refractivity contribution in [3.05, 3.63) is 97.0 Å². The molecule has 2 heterocycles. The molecule has 0 saturated heterocycles. The zero-order chi connectivity index (χ0) is 23.8. The fourth-order valence-corrected chi connectivity index (χ4v) is 6.17. The highest BCUT2D eigenvalue weighted by molar-refractivity contribution is 7.18. The number of hydrogen-bond acceptors (Lipinski definition) is 4. The van der Waals surface area contributed by atoms with Gasteiger partial charge < -0.3 is 5.32 Å². The molecule has 6 nitrogen and oxygen atoms in total. The summed E-state index contributed by atoms with van der Waals surface area (Å²) in [5.41, 5.74) is 2.88. The molecule has 1 aliphatic carbocycles. The molecule has 0 fully saturated rings. The highest BCUT2D eigenvalue weighted by atomic mass is 32.1. The summed E-state index contributed by atoms with van der Waals surface area (Å²) < 4.78 is 2.81. The molecular formula is C27H27N3O3S. The predicted octanol–water partition coefficient (Wildman–Crippen LogP) is 4.66. The van der Waals surface area contributed by atoms with Crippen LogP contribution in [0.3, 0.4) is 0 Å². The zero-order valence-electron chi connectivity index (χ0n) is 19.3. The van der Waals surface area contributed by atoms with Gasteiger partial charge in [0.25, 0.3) is 5.56 Å². The number of para-hydroxylation sites is 1. The standard InChI is InChI=1S/C27H27N3O3S/c1-17-10-6-8-14-21(17)28-23(31)16-29-26-24(20-13-7-9-15-22(20)34-26)25(32)30(27(29)33)18(2)19-11-4-3-5-12-19/h3-6,8,10-12,14,18H,7,9,13,15-16H2,1-2H3,(H,28,31). The second kappa shape index (κ2) is 9.06. The van der Waals surface area contributed by atoms with E-state index in [4.69, 9.17) is 0 Å². The van der Waals surface area contributed by atoms with Gasteiger partial charge in [-0.2, -0.15) is 0 Å². The van der Waals surface area contributed by atoms with Crippen molar-refractivity contribution in [3.63, 3.8) is 0 Å². The summed E-state index contributed by atoms with van der Waals surface area (Å²) in [6, 6.07) is 16.6. The fourth-order valence-electron chi connectivity index (χ4n) is 4.79. The molecule has 0 aliphatic heterocycles. The summed E-state index contributed by atoms with van der Waals surface area (Å²) in [6.45, 7) is 3.64. The molecule has 0 spiro atoms. The maximum absolute atomic E-state index is 13.7. The van der Waals surface area contributed by atoms with E-state index in [2.05, 4.69) is 5.32 Å². The quantitative estimate of drug-likeness (QED) is 0.458. The lowest BCUT2D eigenvalue weighted by Crippen LogP contribution is -2.43. The Bertz CT molecular complexity index is 1500. The second-order valence-electron chi connectivity index (χ2n) is 8.88. The minimum absolute atomic E-state index is 0.148. The summed E-state index contributed by atoms with van der Waals surface area (Å²) >= 11 is 1.49. The number of fused-ring (bicyclic) bond motifs is 3. The number of thiophene rings is 1. The molecule has 1 N–H and O–H groups in total. The van der Waals surface area contributed by atoms with E-state index in [-0.39, 0.29) is 18.0 Å². The maximum Gasteiger partial charge on any atom is 0.333 e. The van der Waals surface area contributed by atoms with Crippen molar-refractivity contribution in [1.29, 1.82) is 0 Å². The van der Waals surface area contributed by atoms with Crippen molar-refractivity contribution in [2.45, 2.75) is 52.1 Å². The first-order valence-corrected chi connectivity index (χ1v) is 12.5. The third-order valence-corrected chi connectivity index (χ3v) is 7.97. The largest absolute Gasteiger partial charge is 0.333 e. The van der Waals surface area contributed by atoms with Gasteiger partial charge in [0.2, 0.25) is 5.91 Å². The van der Waals surface area contributed by atoms with Gasteiger partial charge in [-0.3, -0.25) is 18.7 Å². The third kappa shape index (κ3) is 3.90. The summed E-state index contributed by atoms with van der Waals surface area (Å²) in [5, 5.41) is 3.53. The van der Waals surface area contributed by atoms with E-state index in [1.54, 1.807) is 0 Å². The Hall–Kier alpha value is -3.45. The van der Waals surface area contributed by atoms with Crippen molar-refractivity contribution in [2.75, 3.05) is 5.32 Å². The van der Waals surface area contributed by atoms with Gasteiger partial charge in [0.15, 0.2) is 0 Å². The van der Waals surface area contributed by atoms with Gasteiger partial charge in [-0.1, -0.05) is 48.5 Å². The number of aryl methyl sites for hydroxylation is 3. The zero-order valence-corrected chi connectivity index (χ0v) is 20.2. The Kier molecular flexibility index (Phi) is 5.96. The number of carbonyl (C=O) groups is 1. The molecule has 1 amide bonds. The Balaban J connectivity index is 1.66. The Labute approximate surface area is 201 Å². The lowest BCUT2D eigenvalue weighted by atomic mass is 9.97. The number of aromatic nitrogens is 2. The normalized spacial score (nSPS) is 14.1. The molecule has 0 radical (unpaired) electrons. The van der Waals surface area contributed by atoms with E-state index in [0.717, 1.165) is 47.3 Å². The third-order valence-electron chi connectivity index (χ3n) is 6.66. The lowest BCUT2D eigenvalue weighted by Gasteiger charge is -2.18. The van der Waals surface area contributed by atoms with Crippen LogP contribution in [0.4, 0.5) is 5.69 Å². The van der Waals surface area contributed by atoms with Gasteiger partial charge in [-0.05, 0) is 62.3 Å². The predicted molar refractivity (Wildman–Crippen MR) is 137 cm³/mol. The number of anilines is 1. The Morgan fingerprint density at radius 2 is 1.74 bits per heavy atom. The van der Waals surface area contributed by atoms with E-state index in [1.165, 1.54) is 20.5 Å². The molecule has 2 aromatic carbocycles. The van der Waals surface area contributed by atoms with Gasteiger partial charge in [-0.15, -0.1) is 11.3 Å². The van der Waals surface area contributed by atoms with E-state index in [9.17, 15) is 14.4 Å². The SMILES string of the molecule is Cc1ccccc1NC(=O)Cn1c(=O)n(C(C)c2ccccc2)c(=O)c2c3c(sc21)CCCC3. The lowest BCUT2D eigenvalue weighted by molar-refractivity contribution is -0.116. The summed E-state index contributed by atoms with van der Waals surface area (Å²) in [7, 11) is 0. The van der Waals surface area contributed by atoms with Crippen LogP contribution in [0.25, 0.3) is 10.2 Å². The first-order chi connectivity index (χ1) is 16.5. The second-order valence-corrected chi connectivity index (χ2v) is 9.97. The van der Waals surface area contributed by atoms with Crippen LogP contribution < -0.4 is 16.6 Å². The topological polar surface area (TPSA) is 73.1 Å². The van der Waals surface area contributed by atoms with Crippen LogP contribution in [-0.4, -0.2) is 15.0 Å². The van der Waals surface area contributed by atoms with Gasteiger partial charge >= 0.3 is 5.69 Å². The minimum atomic E-state index is -0.451. The number of rotatable bonds is 5. The number of nitrogens with zero attached hydrogens (tertiary/aromatic N) is 2. The van der Waals surface area contributed by atoms with Crippen LogP contribution in [0.5, 0.6) is 0 Å². The monoisotopic (exact) mass is 473 g/mol. The van der Waals surface area contributed by atoms with Crippen molar-refractivity contribution < 1.29 is 4.79 Å². The van der Waals surface area contributed by atoms with Crippen molar-refractivity contribution in [3.8, 4) is 0 Å². The molecule has 4 aromatic rings. The molecule has 1 aliphatic rings. The average molecular weight is 474 g/mol. The Morgan fingerprint density at radius 1 is 1.03 bits per heavy atom. The van der Waals surface area contributed by atoms with Crippen molar-refractivity contribution >= 4 is 33.1 Å². The molecule has 2 aromatic heterocycles. The maximum atomic E-state index is 13.7. The molecular weight excluding hydrogens is 446 g/mol. The van der Waals surface area contributed by atoms with Crippen LogP contribution >= 0.6 is 11.3 Å². The first kappa shape index (κ1) is 22.3. The molecule has 34 heavy (non-hydrogen) atoms. The van der Waals surface area contributed by atoms with E-state index in [1.807, 2.05) is 68.4 Å². The molecule has 7 heteroatoms. The summed E-state index contributed by atoms with van der Waals surface area (Å²) in [6.07, 6.45) is 3.84. The van der Waals surface area contributed by atoms with Gasteiger partial charge in [0.1, 0.15) is 11.4 Å². The van der Waals surface area contributed by atoms with E-state index in [0.29, 0.717) is 15.9 Å². The van der Waals surface area contributed by atoms with Gasteiger partial charge in [-0.25, -0.2) is 4.79 Å². The molecule has 1 atom stereocenters. The summed E-state index contributed by atoms with van der Waals surface area (Å²) in [4.78, 5) is 42.3. The van der Waals surface area contributed by atoms with Crippen molar-refractivity contribution in [2.24, 2.45) is 0 Å². The van der Waals surface area contributed by atoms with Crippen LogP contribution in [0.2, 0.25) is 0 Å². The minimum Gasteiger partial charge on any atom is -0.324 e. The molecule has 1 unspecified atom stereocenters. The highest BCUT2D eigenvalue weighted by Crippen LogP contribution is 2.34. The smallest absolute Gasteiger partial charge is 0.324 e. The van der Waals surface area contributed by atoms with E-state index < -0.39 is 11.7 Å². The number of amides is 1. The number of hydrogen-bond donors (Lipinski definition) is 1. The van der Waals surface area contributed by atoms with Crippen LogP contribution in [0, 0.1) is 6.92 Å². The Morgan fingerprint density at radius 3 is 2.50 bits per heavy atom.